The van der Waals surface area contributed by atoms with Gasteiger partial charge in [0.05, 0.1) is 10.4 Å². The van der Waals surface area contributed by atoms with Crippen LogP contribution in [0.2, 0.25) is 4.34 Å². The third kappa shape index (κ3) is 3.95. The van der Waals surface area contributed by atoms with Gasteiger partial charge in [0.2, 0.25) is 0 Å². The van der Waals surface area contributed by atoms with E-state index in [1.165, 1.54) is 17.4 Å². The van der Waals surface area contributed by atoms with Crippen molar-refractivity contribution in [2.45, 2.75) is 19.5 Å². The van der Waals surface area contributed by atoms with Gasteiger partial charge in [0.15, 0.2) is 0 Å². The number of benzene rings is 1. The summed E-state index contributed by atoms with van der Waals surface area (Å²) in [7, 11) is 0. The van der Waals surface area contributed by atoms with Gasteiger partial charge in [-0.05, 0) is 25.1 Å². The Morgan fingerprint density at radius 3 is 2.75 bits per heavy atom. The average Bonchev–Trinajstić information content (AvgIpc) is 2.84. The summed E-state index contributed by atoms with van der Waals surface area (Å²) in [5.41, 5.74) is 0.453. The van der Waals surface area contributed by atoms with Gasteiger partial charge in [0.1, 0.15) is 5.82 Å². The fourth-order valence-electron chi connectivity index (χ4n) is 1.70. The lowest BCUT2D eigenvalue weighted by atomic mass is 10.2. The molecular formula is C14H14ClFN2OS. The lowest BCUT2D eigenvalue weighted by molar-refractivity contribution is 0.237. The zero-order valence-electron chi connectivity index (χ0n) is 10.8. The molecule has 0 aliphatic heterocycles. The number of hydrogen-bond acceptors (Lipinski definition) is 2. The second-order valence-electron chi connectivity index (χ2n) is 4.28. The van der Waals surface area contributed by atoms with Crippen molar-refractivity contribution < 1.29 is 9.18 Å². The number of carbonyl (C=O) groups excluding carboxylic acids is 1. The van der Waals surface area contributed by atoms with Gasteiger partial charge in [-0.15, -0.1) is 11.3 Å². The van der Waals surface area contributed by atoms with Crippen LogP contribution in [-0.4, -0.2) is 6.03 Å². The van der Waals surface area contributed by atoms with Crippen molar-refractivity contribution in [1.29, 1.82) is 0 Å². The summed E-state index contributed by atoms with van der Waals surface area (Å²) in [5, 5.41) is 5.41. The molecule has 1 heterocycles. The van der Waals surface area contributed by atoms with E-state index in [4.69, 9.17) is 11.6 Å². The van der Waals surface area contributed by atoms with Gasteiger partial charge in [-0.2, -0.15) is 0 Å². The molecule has 106 valence electrons. The van der Waals surface area contributed by atoms with Crippen LogP contribution >= 0.6 is 22.9 Å². The molecule has 2 N–H and O–H groups in total. The Balaban J connectivity index is 1.85. The maximum absolute atomic E-state index is 13.4. The third-order valence-corrected chi connectivity index (χ3v) is 4.18. The molecule has 1 unspecified atom stereocenters. The lowest BCUT2D eigenvalue weighted by Gasteiger charge is -2.13. The molecular weight excluding hydrogens is 299 g/mol. The molecule has 0 saturated heterocycles. The van der Waals surface area contributed by atoms with Crippen LogP contribution in [0.4, 0.5) is 9.18 Å². The highest BCUT2D eigenvalue weighted by Crippen LogP contribution is 2.26. The molecule has 2 amide bonds. The molecule has 0 aliphatic rings. The standard InChI is InChI=1S/C14H14ClFN2OS/c1-9(12-6-7-13(15)20-12)18-14(19)17-8-10-4-2-3-5-11(10)16/h2-7,9H,8H2,1H3,(H2,17,18,19). The predicted molar refractivity (Wildman–Crippen MR) is 79.5 cm³/mol. The van der Waals surface area contributed by atoms with Crippen molar-refractivity contribution in [3.8, 4) is 0 Å². The van der Waals surface area contributed by atoms with Crippen LogP contribution in [0.15, 0.2) is 36.4 Å². The normalized spacial score (nSPS) is 11.9. The molecule has 2 aromatic rings. The number of amides is 2. The summed E-state index contributed by atoms with van der Waals surface area (Å²) in [5.74, 6) is -0.328. The number of thiophene rings is 1. The SMILES string of the molecule is CC(NC(=O)NCc1ccccc1F)c1ccc(Cl)s1. The van der Waals surface area contributed by atoms with Crippen molar-refractivity contribution >= 4 is 29.0 Å². The van der Waals surface area contributed by atoms with Gasteiger partial charge in [-0.25, -0.2) is 9.18 Å². The van der Waals surface area contributed by atoms with Crippen LogP contribution in [0.25, 0.3) is 0 Å². The molecule has 1 aromatic heterocycles. The fourth-order valence-corrected chi connectivity index (χ4v) is 2.76. The first kappa shape index (κ1) is 14.8. The van der Waals surface area contributed by atoms with E-state index in [-0.39, 0.29) is 24.4 Å². The molecule has 1 aromatic carbocycles. The molecule has 2 rings (SSSR count). The van der Waals surface area contributed by atoms with E-state index in [9.17, 15) is 9.18 Å². The summed E-state index contributed by atoms with van der Waals surface area (Å²) >= 11 is 7.27. The lowest BCUT2D eigenvalue weighted by Crippen LogP contribution is -2.36. The average molecular weight is 313 g/mol. The predicted octanol–water partition coefficient (Wildman–Crippen LogP) is 4.10. The summed E-state index contributed by atoms with van der Waals surface area (Å²) in [6.07, 6.45) is 0. The summed E-state index contributed by atoms with van der Waals surface area (Å²) in [6, 6.07) is 9.52. The van der Waals surface area contributed by atoms with Crippen molar-refractivity contribution in [3.63, 3.8) is 0 Å². The first-order valence-electron chi connectivity index (χ1n) is 6.09. The van der Waals surface area contributed by atoms with Gasteiger partial charge in [-0.3, -0.25) is 0 Å². The molecule has 0 spiro atoms. The Morgan fingerprint density at radius 2 is 2.10 bits per heavy atom. The van der Waals surface area contributed by atoms with Crippen LogP contribution in [0.3, 0.4) is 0 Å². The molecule has 1 atom stereocenters. The summed E-state index contributed by atoms with van der Waals surface area (Å²) < 4.78 is 14.1. The summed E-state index contributed by atoms with van der Waals surface area (Å²) in [4.78, 5) is 12.7. The van der Waals surface area contributed by atoms with Gasteiger partial charge in [0.25, 0.3) is 0 Å². The van der Waals surface area contributed by atoms with Crippen molar-refractivity contribution in [3.05, 3.63) is 57.0 Å². The molecule has 6 heteroatoms. The molecule has 0 saturated carbocycles. The Hall–Kier alpha value is -1.59. The molecule has 0 aliphatic carbocycles. The second-order valence-corrected chi connectivity index (χ2v) is 6.03. The smallest absolute Gasteiger partial charge is 0.315 e. The van der Waals surface area contributed by atoms with E-state index in [1.807, 2.05) is 13.0 Å². The Bertz CT molecular complexity index is 602. The highest BCUT2D eigenvalue weighted by Gasteiger charge is 2.11. The third-order valence-electron chi connectivity index (χ3n) is 2.77. The molecule has 0 bridgehead atoms. The van der Waals surface area contributed by atoms with Crippen molar-refractivity contribution in [1.82, 2.24) is 10.6 Å². The van der Waals surface area contributed by atoms with Crippen LogP contribution in [0, 0.1) is 5.82 Å². The minimum absolute atomic E-state index is 0.145. The van der Waals surface area contributed by atoms with E-state index < -0.39 is 0 Å². The van der Waals surface area contributed by atoms with E-state index in [1.54, 1.807) is 24.3 Å². The quantitative estimate of drug-likeness (QED) is 0.876. The van der Waals surface area contributed by atoms with Crippen molar-refractivity contribution in [2.75, 3.05) is 0 Å². The van der Waals surface area contributed by atoms with Crippen LogP contribution in [-0.2, 0) is 6.54 Å². The van der Waals surface area contributed by atoms with Gasteiger partial charge >= 0.3 is 6.03 Å². The van der Waals surface area contributed by atoms with Crippen LogP contribution < -0.4 is 10.6 Å². The number of carbonyl (C=O) groups is 1. The van der Waals surface area contributed by atoms with Crippen LogP contribution in [0.5, 0.6) is 0 Å². The van der Waals surface area contributed by atoms with Gasteiger partial charge < -0.3 is 10.6 Å². The Kier molecular flexibility index (Phi) is 4.98. The molecule has 0 radical (unpaired) electrons. The fraction of sp³-hybridized carbons (Fsp3) is 0.214. The number of rotatable bonds is 4. The summed E-state index contributed by atoms with van der Waals surface area (Å²) in [6.45, 7) is 2.02. The van der Waals surface area contributed by atoms with Gasteiger partial charge in [-0.1, -0.05) is 29.8 Å². The Morgan fingerprint density at radius 1 is 1.35 bits per heavy atom. The number of hydrogen-bond donors (Lipinski definition) is 2. The second kappa shape index (κ2) is 6.72. The van der Waals surface area contributed by atoms with Crippen LogP contribution in [0.1, 0.15) is 23.4 Å². The first-order valence-corrected chi connectivity index (χ1v) is 7.28. The Labute approximate surface area is 125 Å². The van der Waals surface area contributed by atoms with E-state index in [0.717, 1.165) is 4.88 Å². The minimum Gasteiger partial charge on any atom is -0.334 e. The van der Waals surface area contributed by atoms with E-state index in [2.05, 4.69) is 10.6 Å². The molecule has 20 heavy (non-hydrogen) atoms. The number of halogens is 2. The maximum atomic E-state index is 13.4. The van der Waals surface area contributed by atoms with E-state index >= 15 is 0 Å². The highest BCUT2D eigenvalue weighted by atomic mass is 35.5. The first-order chi connectivity index (χ1) is 9.56. The number of nitrogens with one attached hydrogen (secondary N) is 2. The highest BCUT2D eigenvalue weighted by molar-refractivity contribution is 7.16. The zero-order chi connectivity index (χ0) is 14.5. The minimum atomic E-state index is -0.342. The zero-order valence-corrected chi connectivity index (χ0v) is 12.4. The maximum Gasteiger partial charge on any atom is 0.315 e. The topological polar surface area (TPSA) is 41.1 Å². The molecule has 0 fully saturated rings. The van der Waals surface area contributed by atoms with Crippen molar-refractivity contribution in [2.24, 2.45) is 0 Å². The van der Waals surface area contributed by atoms with E-state index in [0.29, 0.717) is 9.90 Å². The number of urea groups is 1. The molecule has 3 nitrogen and oxygen atoms in total. The largest absolute Gasteiger partial charge is 0.334 e. The monoisotopic (exact) mass is 312 g/mol. The van der Waals surface area contributed by atoms with Gasteiger partial charge in [0, 0.05) is 17.0 Å².